The minimum Gasteiger partial charge on any atom is -0.508 e. The molecular formula is C27H36ClN3O3. The Labute approximate surface area is 207 Å². The highest BCUT2D eigenvalue weighted by atomic mass is 35.5. The molecule has 3 rings (SSSR count). The van der Waals surface area contributed by atoms with Crippen LogP contribution in [0.25, 0.3) is 11.0 Å². The van der Waals surface area contributed by atoms with Gasteiger partial charge in [-0.05, 0) is 47.2 Å². The predicted octanol–water partition coefficient (Wildman–Crippen LogP) is 6.78. The maximum Gasteiger partial charge on any atom is 0.315 e. The summed E-state index contributed by atoms with van der Waals surface area (Å²) in [4.78, 5) is 14.8. The highest BCUT2D eigenvalue weighted by Crippen LogP contribution is 2.34. The van der Waals surface area contributed by atoms with E-state index in [1.54, 1.807) is 24.3 Å². The number of halogens is 1. The van der Waals surface area contributed by atoms with Crippen molar-refractivity contribution in [3.8, 4) is 5.75 Å². The van der Waals surface area contributed by atoms with Gasteiger partial charge in [-0.3, -0.25) is 4.79 Å². The first kappa shape index (κ1) is 26.0. The lowest BCUT2D eigenvalue weighted by atomic mass is 9.83. The van der Waals surface area contributed by atoms with E-state index < -0.39 is 5.92 Å². The zero-order chi connectivity index (χ0) is 24.7. The Morgan fingerprint density at radius 1 is 1.03 bits per heavy atom. The van der Waals surface area contributed by atoms with Crippen molar-refractivity contribution >= 4 is 28.6 Å². The highest BCUT2D eigenvalue weighted by Gasteiger charge is 2.27. The van der Waals surface area contributed by atoms with Gasteiger partial charge >= 0.3 is 5.97 Å². The zero-order valence-corrected chi connectivity index (χ0v) is 21.4. The van der Waals surface area contributed by atoms with Crippen LogP contribution >= 0.6 is 11.6 Å². The van der Waals surface area contributed by atoms with Gasteiger partial charge in [-0.2, -0.15) is 15.0 Å². The van der Waals surface area contributed by atoms with Crippen LogP contribution in [0.2, 0.25) is 5.02 Å². The van der Waals surface area contributed by atoms with Crippen LogP contribution < -0.4 is 0 Å². The summed E-state index contributed by atoms with van der Waals surface area (Å²) in [5.74, 6) is -0.689. The molecule has 6 nitrogen and oxygen atoms in total. The predicted molar refractivity (Wildman–Crippen MR) is 136 cm³/mol. The van der Waals surface area contributed by atoms with E-state index in [0.29, 0.717) is 22.7 Å². The molecule has 1 N–H and O–H groups in total. The van der Waals surface area contributed by atoms with Crippen LogP contribution in [0.15, 0.2) is 36.4 Å². The Hall–Kier alpha value is -2.60. The lowest BCUT2D eigenvalue weighted by Gasteiger charge is -2.23. The van der Waals surface area contributed by atoms with E-state index in [1.165, 1.54) is 24.1 Å². The molecule has 0 radical (unpaired) electrons. The average Bonchev–Trinajstić information content (AvgIpc) is 3.18. The molecule has 1 heterocycles. The number of fused-ring (bicyclic) bond motifs is 1. The smallest absolute Gasteiger partial charge is 0.315 e. The number of carbonyl (C=O) groups is 1. The quantitative estimate of drug-likeness (QED) is 0.239. The molecule has 3 aromatic rings. The third-order valence-corrected chi connectivity index (χ3v) is 6.22. The number of aromatic hydroxyl groups is 1. The summed E-state index contributed by atoms with van der Waals surface area (Å²) in [5.41, 5.74) is 2.67. The van der Waals surface area contributed by atoms with E-state index in [9.17, 15) is 9.90 Å². The van der Waals surface area contributed by atoms with Crippen molar-refractivity contribution in [2.75, 3.05) is 6.61 Å². The first-order valence-electron chi connectivity index (χ1n) is 12.2. The lowest BCUT2D eigenvalue weighted by Crippen LogP contribution is -2.23. The maximum absolute atomic E-state index is 13.2. The van der Waals surface area contributed by atoms with Gasteiger partial charge in [-0.15, -0.1) is 0 Å². The fourth-order valence-corrected chi connectivity index (χ4v) is 4.19. The molecule has 0 saturated heterocycles. The van der Waals surface area contributed by atoms with E-state index in [4.69, 9.17) is 16.3 Å². The maximum atomic E-state index is 13.2. The number of hydrogen-bond acceptors (Lipinski definition) is 5. The third-order valence-electron chi connectivity index (χ3n) is 5.99. The number of rotatable bonds is 11. The lowest BCUT2D eigenvalue weighted by molar-refractivity contribution is -0.146. The molecule has 0 bridgehead atoms. The fraction of sp³-hybridized carbons (Fsp3) is 0.519. The van der Waals surface area contributed by atoms with Gasteiger partial charge in [0.2, 0.25) is 0 Å². The molecule has 7 heteroatoms. The van der Waals surface area contributed by atoms with Gasteiger partial charge in [-0.1, -0.05) is 83.5 Å². The van der Waals surface area contributed by atoms with E-state index in [1.807, 2.05) is 32.9 Å². The summed E-state index contributed by atoms with van der Waals surface area (Å²) in [5, 5.41) is 20.0. The summed E-state index contributed by atoms with van der Waals surface area (Å²) in [6.45, 7) is 8.92. The summed E-state index contributed by atoms with van der Waals surface area (Å²) in [6.07, 6.45) is 6.75. The second-order valence-electron chi connectivity index (χ2n) is 9.90. The summed E-state index contributed by atoms with van der Waals surface area (Å²) < 4.78 is 5.69. The first-order chi connectivity index (χ1) is 16.2. The van der Waals surface area contributed by atoms with Crippen LogP contribution in [0.3, 0.4) is 0 Å². The van der Waals surface area contributed by atoms with Crippen molar-refractivity contribution in [3.05, 3.63) is 52.5 Å². The first-order valence-corrected chi connectivity index (χ1v) is 12.6. The van der Waals surface area contributed by atoms with Crippen molar-refractivity contribution in [1.82, 2.24) is 15.0 Å². The molecule has 34 heavy (non-hydrogen) atoms. The molecule has 0 aliphatic rings. The normalized spacial score (nSPS) is 12.7. The molecule has 2 aromatic carbocycles. The number of phenols is 1. The Morgan fingerprint density at radius 2 is 1.74 bits per heavy atom. The van der Waals surface area contributed by atoms with Gasteiger partial charge in [0.15, 0.2) is 0 Å². The van der Waals surface area contributed by atoms with Crippen molar-refractivity contribution in [2.24, 2.45) is 0 Å². The summed E-state index contributed by atoms with van der Waals surface area (Å²) >= 11 is 6.09. The Bertz CT molecular complexity index is 1100. The fourth-order valence-electron chi connectivity index (χ4n) is 4.02. The highest BCUT2D eigenvalue weighted by molar-refractivity contribution is 6.31. The standard InChI is InChI=1S/C27H36ClN3O3/c1-5-6-7-8-9-10-15-34-26(33)21(19-11-14-25(32)22(16-19)27(2,3)4)18-31-29-23-13-12-20(28)17-24(23)30-31/h11-14,16-17,21,32H,5-10,15,18H2,1-4H3. The van der Waals surface area contributed by atoms with Crippen molar-refractivity contribution < 1.29 is 14.6 Å². The number of hydrogen-bond donors (Lipinski definition) is 1. The number of esters is 1. The minimum atomic E-state index is -0.598. The number of unbranched alkanes of at least 4 members (excludes halogenated alkanes) is 5. The number of ether oxygens (including phenoxy) is 1. The van der Waals surface area contributed by atoms with Crippen LogP contribution in [0.5, 0.6) is 5.75 Å². The second kappa shape index (κ2) is 11.7. The molecule has 184 valence electrons. The van der Waals surface area contributed by atoms with E-state index in [2.05, 4.69) is 17.1 Å². The van der Waals surface area contributed by atoms with E-state index in [-0.39, 0.29) is 23.7 Å². The number of phenolic OH excluding ortho intramolecular Hbond substituents is 1. The molecule has 1 atom stereocenters. The number of carbonyl (C=O) groups excluding carboxylic acids is 1. The van der Waals surface area contributed by atoms with Crippen molar-refractivity contribution in [1.29, 1.82) is 0 Å². The van der Waals surface area contributed by atoms with E-state index in [0.717, 1.165) is 30.4 Å². The molecule has 0 fully saturated rings. The zero-order valence-electron chi connectivity index (χ0n) is 20.7. The molecule has 0 spiro atoms. The van der Waals surface area contributed by atoms with Gasteiger partial charge < -0.3 is 9.84 Å². The second-order valence-corrected chi connectivity index (χ2v) is 10.3. The molecule has 0 saturated carbocycles. The van der Waals surface area contributed by atoms with Crippen LogP contribution in [-0.2, 0) is 21.5 Å². The molecule has 0 aliphatic heterocycles. The SMILES string of the molecule is CCCCCCCCOC(=O)C(Cn1nc2ccc(Cl)cc2n1)c1ccc(O)c(C(C)(C)C)c1. The number of benzene rings is 2. The van der Waals surface area contributed by atoms with Gasteiger partial charge in [0.25, 0.3) is 0 Å². The van der Waals surface area contributed by atoms with Crippen molar-refractivity contribution in [2.45, 2.75) is 84.1 Å². The van der Waals surface area contributed by atoms with Crippen molar-refractivity contribution in [3.63, 3.8) is 0 Å². The van der Waals surface area contributed by atoms with Crippen LogP contribution in [0.1, 0.15) is 83.3 Å². The van der Waals surface area contributed by atoms with Crippen LogP contribution in [0, 0.1) is 0 Å². The number of aromatic nitrogens is 3. The minimum absolute atomic E-state index is 0.216. The molecule has 0 amide bonds. The van der Waals surface area contributed by atoms with Gasteiger partial charge in [0.05, 0.1) is 13.2 Å². The molecular weight excluding hydrogens is 450 g/mol. The summed E-state index contributed by atoms with van der Waals surface area (Å²) in [6, 6.07) is 10.7. The topological polar surface area (TPSA) is 77.2 Å². The van der Waals surface area contributed by atoms with Gasteiger partial charge in [0, 0.05) is 5.02 Å². The third kappa shape index (κ3) is 6.95. The largest absolute Gasteiger partial charge is 0.508 e. The Balaban J connectivity index is 1.80. The Kier molecular flexibility index (Phi) is 8.95. The average molecular weight is 486 g/mol. The van der Waals surface area contributed by atoms with Gasteiger partial charge in [0.1, 0.15) is 22.7 Å². The molecule has 1 unspecified atom stereocenters. The van der Waals surface area contributed by atoms with E-state index >= 15 is 0 Å². The Morgan fingerprint density at radius 3 is 2.47 bits per heavy atom. The molecule has 1 aromatic heterocycles. The molecule has 0 aliphatic carbocycles. The summed E-state index contributed by atoms with van der Waals surface area (Å²) in [7, 11) is 0. The number of nitrogens with zero attached hydrogens (tertiary/aromatic N) is 3. The van der Waals surface area contributed by atoms with Crippen LogP contribution in [-0.4, -0.2) is 32.7 Å². The van der Waals surface area contributed by atoms with Gasteiger partial charge in [-0.25, -0.2) is 0 Å². The van der Waals surface area contributed by atoms with Crippen LogP contribution in [0.4, 0.5) is 0 Å². The monoisotopic (exact) mass is 485 g/mol.